The maximum absolute atomic E-state index is 12.9. The van der Waals surface area contributed by atoms with Crippen molar-refractivity contribution in [1.82, 2.24) is 0 Å². The first-order chi connectivity index (χ1) is 38.5. The lowest BCUT2D eigenvalue weighted by Gasteiger charge is -2.18. The molecule has 1 unspecified atom stereocenters. The van der Waals surface area contributed by atoms with Crippen molar-refractivity contribution in [2.45, 2.75) is 354 Å². The highest BCUT2D eigenvalue weighted by molar-refractivity contribution is 5.71. The van der Waals surface area contributed by atoms with E-state index in [-0.39, 0.29) is 31.1 Å². The molecular formula is C72H128O6. The molecular weight excluding hydrogens is 961 g/mol. The van der Waals surface area contributed by atoms with E-state index in [1.165, 1.54) is 218 Å². The van der Waals surface area contributed by atoms with Gasteiger partial charge in [-0.25, -0.2) is 0 Å². The van der Waals surface area contributed by atoms with Crippen LogP contribution in [-0.4, -0.2) is 37.2 Å². The number of allylic oxidation sites excluding steroid dienone is 12. The number of esters is 3. The summed E-state index contributed by atoms with van der Waals surface area (Å²) < 4.78 is 16.9. The van der Waals surface area contributed by atoms with Crippen LogP contribution in [0.4, 0.5) is 0 Å². The zero-order valence-electron chi connectivity index (χ0n) is 51.9. The largest absolute Gasteiger partial charge is 0.462 e. The molecule has 0 radical (unpaired) electrons. The second-order valence-electron chi connectivity index (χ2n) is 22.7. The molecule has 0 aliphatic rings. The first-order valence-corrected chi connectivity index (χ1v) is 33.9. The molecule has 0 heterocycles. The minimum atomic E-state index is -0.775. The monoisotopic (exact) mass is 1090 g/mol. The second kappa shape index (κ2) is 66.4. The second-order valence-corrected chi connectivity index (χ2v) is 22.7. The fourth-order valence-electron chi connectivity index (χ4n) is 9.88. The Kier molecular flexibility index (Phi) is 63.7. The van der Waals surface area contributed by atoms with Gasteiger partial charge in [0.05, 0.1) is 0 Å². The molecule has 6 heteroatoms. The van der Waals surface area contributed by atoms with E-state index in [0.717, 1.165) is 89.9 Å². The number of rotatable bonds is 62. The molecule has 452 valence electrons. The molecule has 0 spiro atoms. The third kappa shape index (κ3) is 63.7. The lowest BCUT2D eigenvalue weighted by atomic mass is 10.0. The number of unbranched alkanes of at least 4 members (excludes halogenated alkanes) is 39. The predicted octanol–water partition coefficient (Wildman–Crippen LogP) is 23.3. The average Bonchev–Trinajstić information content (AvgIpc) is 3.44. The molecule has 0 bridgehead atoms. The summed E-state index contributed by atoms with van der Waals surface area (Å²) in [4.78, 5) is 38.3. The molecule has 0 N–H and O–H groups in total. The number of carbonyl (C=O) groups is 3. The maximum Gasteiger partial charge on any atom is 0.306 e. The number of carbonyl (C=O) groups excluding carboxylic acids is 3. The molecule has 0 amide bonds. The standard InChI is InChI=1S/C72H128O6/c1-4-7-10-13-16-19-22-25-27-29-30-31-32-33-34-35-36-37-38-39-40-41-42-44-45-47-50-53-56-59-62-65-71(74)77-68-69(67-76-70(73)64-61-58-55-52-49-24-21-18-15-12-9-6-3)78-72(75)66-63-60-57-54-51-48-46-43-28-26-23-20-17-14-11-8-5-2/h7,10,16,19,25-28,30-31,33-34,69H,4-6,8-9,11-15,17-18,20-24,29,32,35-68H2,1-3H3/b10-7-,19-16-,27-25-,28-26-,31-30-,34-33-. The summed E-state index contributed by atoms with van der Waals surface area (Å²) in [6.45, 7) is 6.56. The van der Waals surface area contributed by atoms with Gasteiger partial charge in [0, 0.05) is 19.3 Å². The zero-order chi connectivity index (χ0) is 56.4. The van der Waals surface area contributed by atoms with Gasteiger partial charge in [-0.15, -0.1) is 0 Å². The minimum absolute atomic E-state index is 0.0716. The van der Waals surface area contributed by atoms with Crippen molar-refractivity contribution < 1.29 is 28.6 Å². The Morgan fingerprint density at radius 1 is 0.269 bits per heavy atom. The summed E-state index contributed by atoms with van der Waals surface area (Å²) in [5, 5.41) is 0. The van der Waals surface area contributed by atoms with Gasteiger partial charge in [0.25, 0.3) is 0 Å². The van der Waals surface area contributed by atoms with E-state index in [2.05, 4.69) is 93.7 Å². The molecule has 0 fully saturated rings. The molecule has 0 aliphatic heterocycles. The van der Waals surface area contributed by atoms with Crippen molar-refractivity contribution in [2.75, 3.05) is 13.2 Å². The van der Waals surface area contributed by atoms with Crippen LogP contribution in [0.2, 0.25) is 0 Å². The van der Waals surface area contributed by atoms with Crippen LogP contribution >= 0.6 is 0 Å². The van der Waals surface area contributed by atoms with E-state index >= 15 is 0 Å². The van der Waals surface area contributed by atoms with Gasteiger partial charge in [-0.3, -0.25) is 14.4 Å². The highest BCUT2D eigenvalue weighted by Gasteiger charge is 2.19. The molecule has 0 aromatic rings. The molecule has 0 aliphatic carbocycles. The van der Waals surface area contributed by atoms with Gasteiger partial charge < -0.3 is 14.2 Å². The SMILES string of the molecule is CC/C=C\C/C=C\C/C=C\C/C=C\C/C=C\CCCCCCCCCCCCCCCCCC(=O)OCC(COC(=O)CCCCCCCCCCCCCC)OC(=O)CCCCCCCCC/C=C\CCCCCCCC. The van der Waals surface area contributed by atoms with Crippen molar-refractivity contribution in [2.24, 2.45) is 0 Å². The van der Waals surface area contributed by atoms with Gasteiger partial charge in [-0.05, 0) is 89.9 Å². The molecule has 1 atom stereocenters. The van der Waals surface area contributed by atoms with E-state index in [0.29, 0.717) is 19.3 Å². The lowest BCUT2D eigenvalue weighted by Crippen LogP contribution is -2.30. The van der Waals surface area contributed by atoms with E-state index in [4.69, 9.17) is 14.2 Å². The molecule has 0 rings (SSSR count). The van der Waals surface area contributed by atoms with Crippen LogP contribution in [0.15, 0.2) is 72.9 Å². The van der Waals surface area contributed by atoms with Crippen molar-refractivity contribution in [1.29, 1.82) is 0 Å². The van der Waals surface area contributed by atoms with Gasteiger partial charge in [0.2, 0.25) is 0 Å². The average molecular weight is 1090 g/mol. The smallest absolute Gasteiger partial charge is 0.306 e. The molecule has 0 saturated heterocycles. The molecule has 78 heavy (non-hydrogen) atoms. The van der Waals surface area contributed by atoms with Crippen molar-refractivity contribution >= 4 is 17.9 Å². The number of ether oxygens (including phenoxy) is 3. The van der Waals surface area contributed by atoms with Crippen LogP contribution in [0.3, 0.4) is 0 Å². The third-order valence-electron chi connectivity index (χ3n) is 14.9. The van der Waals surface area contributed by atoms with Crippen LogP contribution in [-0.2, 0) is 28.6 Å². The van der Waals surface area contributed by atoms with Crippen LogP contribution in [0.5, 0.6) is 0 Å². The summed E-state index contributed by atoms with van der Waals surface area (Å²) in [7, 11) is 0. The Morgan fingerprint density at radius 2 is 0.500 bits per heavy atom. The van der Waals surface area contributed by atoms with Crippen molar-refractivity contribution in [3.05, 3.63) is 72.9 Å². The van der Waals surface area contributed by atoms with Crippen LogP contribution in [0.25, 0.3) is 0 Å². The van der Waals surface area contributed by atoms with Gasteiger partial charge in [0.1, 0.15) is 13.2 Å². The Bertz CT molecular complexity index is 1440. The van der Waals surface area contributed by atoms with Gasteiger partial charge in [-0.2, -0.15) is 0 Å². The maximum atomic E-state index is 12.9. The third-order valence-corrected chi connectivity index (χ3v) is 14.9. The topological polar surface area (TPSA) is 78.9 Å². The lowest BCUT2D eigenvalue weighted by molar-refractivity contribution is -0.167. The molecule has 0 aromatic carbocycles. The highest BCUT2D eigenvalue weighted by Crippen LogP contribution is 2.17. The van der Waals surface area contributed by atoms with Crippen molar-refractivity contribution in [3.63, 3.8) is 0 Å². The number of hydrogen-bond acceptors (Lipinski definition) is 6. The van der Waals surface area contributed by atoms with E-state index < -0.39 is 6.10 Å². The minimum Gasteiger partial charge on any atom is -0.462 e. The summed E-state index contributed by atoms with van der Waals surface area (Å²) in [6.07, 6.45) is 86.4. The van der Waals surface area contributed by atoms with Gasteiger partial charge in [0.15, 0.2) is 6.10 Å². The Labute approximate surface area is 484 Å². The Balaban J connectivity index is 4.18. The summed E-state index contributed by atoms with van der Waals surface area (Å²) in [5.74, 6) is -0.857. The van der Waals surface area contributed by atoms with Crippen LogP contribution in [0, 0.1) is 0 Å². The summed E-state index contributed by atoms with van der Waals surface area (Å²) >= 11 is 0. The summed E-state index contributed by atoms with van der Waals surface area (Å²) in [6, 6.07) is 0. The van der Waals surface area contributed by atoms with E-state index in [1.54, 1.807) is 0 Å². The molecule has 6 nitrogen and oxygen atoms in total. The van der Waals surface area contributed by atoms with E-state index in [9.17, 15) is 14.4 Å². The summed E-state index contributed by atoms with van der Waals surface area (Å²) in [5.41, 5.74) is 0. The molecule has 0 aromatic heterocycles. The van der Waals surface area contributed by atoms with Gasteiger partial charge >= 0.3 is 17.9 Å². The zero-order valence-corrected chi connectivity index (χ0v) is 51.9. The quantitative estimate of drug-likeness (QED) is 0.0261. The van der Waals surface area contributed by atoms with Crippen LogP contribution in [0.1, 0.15) is 348 Å². The first kappa shape index (κ1) is 74.8. The molecule has 0 saturated carbocycles. The fraction of sp³-hybridized carbons (Fsp3) is 0.792. The Hall–Kier alpha value is -3.15. The first-order valence-electron chi connectivity index (χ1n) is 33.9. The van der Waals surface area contributed by atoms with Crippen molar-refractivity contribution in [3.8, 4) is 0 Å². The van der Waals surface area contributed by atoms with E-state index in [1.807, 2.05) is 0 Å². The highest BCUT2D eigenvalue weighted by atomic mass is 16.6. The number of hydrogen-bond donors (Lipinski definition) is 0. The predicted molar refractivity (Wildman–Crippen MR) is 339 cm³/mol. The van der Waals surface area contributed by atoms with Crippen LogP contribution < -0.4 is 0 Å². The Morgan fingerprint density at radius 3 is 0.795 bits per heavy atom. The fourth-order valence-corrected chi connectivity index (χ4v) is 9.88. The van der Waals surface area contributed by atoms with Gasteiger partial charge in [-0.1, -0.05) is 312 Å². The normalized spacial score (nSPS) is 12.5.